The standard InChI is InChI=1S/C14H24ClN3O/c1-4-16-13(11-5-7-19-8-6-11)14-12(15)9-17-18(14)10(2)3/h9-11,13,16H,4-8H2,1-3H3. The number of rotatable bonds is 5. The lowest BCUT2D eigenvalue weighted by molar-refractivity contribution is 0.0525. The van der Waals surface area contributed by atoms with Gasteiger partial charge in [-0.3, -0.25) is 4.68 Å². The Morgan fingerprint density at radius 1 is 1.47 bits per heavy atom. The third-order valence-corrected chi connectivity index (χ3v) is 4.02. The van der Waals surface area contributed by atoms with Crippen molar-refractivity contribution in [3.05, 3.63) is 16.9 Å². The van der Waals surface area contributed by atoms with E-state index >= 15 is 0 Å². The van der Waals surface area contributed by atoms with Gasteiger partial charge in [-0.15, -0.1) is 0 Å². The number of nitrogens with one attached hydrogen (secondary N) is 1. The molecule has 108 valence electrons. The Kier molecular flexibility index (Phi) is 5.25. The third-order valence-electron chi connectivity index (χ3n) is 3.73. The lowest BCUT2D eigenvalue weighted by Gasteiger charge is -2.32. The van der Waals surface area contributed by atoms with Gasteiger partial charge in [-0.25, -0.2) is 0 Å². The fourth-order valence-electron chi connectivity index (χ4n) is 2.81. The van der Waals surface area contributed by atoms with E-state index in [2.05, 4.69) is 31.2 Å². The molecule has 0 spiro atoms. The van der Waals surface area contributed by atoms with Gasteiger partial charge in [0.05, 0.1) is 23.0 Å². The first-order valence-corrected chi connectivity index (χ1v) is 7.57. The molecule has 0 aromatic carbocycles. The van der Waals surface area contributed by atoms with Gasteiger partial charge in [-0.2, -0.15) is 5.10 Å². The molecule has 1 aromatic heterocycles. The van der Waals surface area contributed by atoms with Gasteiger partial charge in [0.25, 0.3) is 0 Å². The maximum Gasteiger partial charge on any atom is 0.0834 e. The first-order valence-electron chi connectivity index (χ1n) is 7.19. The average molecular weight is 286 g/mol. The maximum atomic E-state index is 6.38. The molecule has 1 aromatic rings. The second-order valence-corrected chi connectivity index (χ2v) is 5.81. The summed E-state index contributed by atoms with van der Waals surface area (Å²) < 4.78 is 7.52. The Morgan fingerprint density at radius 3 is 2.74 bits per heavy atom. The fraction of sp³-hybridized carbons (Fsp3) is 0.786. The minimum Gasteiger partial charge on any atom is -0.381 e. The van der Waals surface area contributed by atoms with E-state index < -0.39 is 0 Å². The SMILES string of the molecule is CCNC(c1c(Cl)cnn1C(C)C)C1CCOCC1. The summed E-state index contributed by atoms with van der Waals surface area (Å²) in [5.74, 6) is 0.570. The molecule has 0 amide bonds. The topological polar surface area (TPSA) is 39.1 Å². The number of halogens is 1. The second-order valence-electron chi connectivity index (χ2n) is 5.40. The lowest BCUT2D eigenvalue weighted by atomic mass is 9.89. The van der Waals surface area contributed by atoms with Gasteiger partial charge in [-0.05, 0) is 39.2 Å². The molecule has 1 atom stereocenters. The molecule has 1 N–H and O–H groups in total. The highest BCUT2D eigenvalue weighted by molar-refractivity contribution is 6.31. The highest BCUT2D eigenvalue weighted by Gasteiger charge is 2.29. The van der Waals surface area contributed by atoms with E-state index in [4.69, 9.17) is 16.3 Å². The van der Waals surface area contributed by atoms with E-state index in [-0.39, 0.29) is 6.04 Å². The van der Waals surface area contributed by atoms with Crippen LogP contribution >= 0.6 is 11.6 Å². The normalized spacial score (nSPS) is 19.0. The van der Waals surface area contributed by atoms with Crippen molar-refractivity contribution >= 4 is 11.6 Å². The van der Waals surface area contributed by atoms with Gasteiger partial charge in [0.2, 0.25) is 0 Å². The molecule has 1 unspecified atom stereocenters. The minimum atomic E-state index is 0.270. The van der Waals surface area contributed by atoms with E-state index in [0.717, 1.165) is 43.3 Å². The highest BCUT2D eigenvalue weighted by atomic mass is 35.5. The highest BCUT2D eigenvalue weighted by Crippen LogP contribution is 2.34. The number of ether oxygens (including phenoxy) is 1. The summed E-state index contributed by atoms with van der Waals surface area (Å²) in [6, 6.07) is 0.592. The molecular weight excluding hydrogens is 262 g/mol. The Balaban J connectivity index is 2.29. The van der Waals surface area contributed by atoms with Crippen LogP contribution in [0.3, 0.4) is 0 Å². The summed E-state index contributed by atoms with van der Waals surface area (Å²) in [6.45, 7) is 9.04. The van der Waals surface area contributed by atoms with E-state index in [1.807, 2.05) is 4.68 Å². The molecule has 1 fully saturated rings. The molecule has 0 radical (unpaired) electrons. The summed E-state index contributed by atoms with van der Waals surface area (Å²) >= 11 is 6.38. The Bertz CT molecular complexity index is 399. The van der Waals surface area contributed by atoms with Crippen LogP contribution in [0.2, 0.25) is 5.02 Å². The smallest absolute Gasteiger partial charge is 0.0834 e. The molecular formula is C14H24ClN3O. The van der Waals surface area contributed by atoms with Crippen LogP contribution in [-0.2, 0) is 4.74 Å². The lowest BCUT2D eigenvalue weighted by Crippen LogP contribution is -2.34. The van der Waals surface area contributed by atoms with Gasteiger partial charge < -0.3 is 10.1 Å². The zero-order valence-corrected chi connectivity index (χ0v) is 12.8. The number of nitrogens with zero attached hydrogens (tertiary/aromatic N) is 2. The van der Waals surface area contributed by atoms with Crippen LogP contribution in [0.1, 0.15) is 51.4 Å². The Hall–Kier alpha value is -0.580. The van der Waals surface area contributed by atoms with Crippen LogP contribution in [0.4, 0.5) is 0 Å². The van der Waals surface area contributed by atoms with Crippen molar-refractivity contribution < 1.29 is 4.74 Å². The molecule has 1 aliphatic heterocycles. The van der Waals surface area contributed by atoms with Crippen molar-refractivity contribution in [2.24, 2.45) is 5.92 Å². The first kappa shape index (κ1) is 14.8. The summed E-state index contributed by atoms with van der Waals surface area (Å²) in [6.07, 6.45) is 3.93. The third kappa shape index (κ3) is 3.30. The van der Waals surface area contributed by atoms with Crippen LogP contribution in [0, 0.1) is 5.92 Å². The zero-order chi connectivity index (χ0) is 13.8. The minimum absolute atomic E-state index is 0.270. The molecule has 2 rings (SSSR count). The zero-order valence-electron chi connectivity index (χ0n) is 12.0. The molecule has 4 nitrogen and oxygen atoms in total. The van der Waals surface area contributed by atoms with Crippen molar-refractivity contribution in [2.45, 2.75) is 45.7 Å². The number of hydrogen-bond acceptors (Lipinski definition) is 3. The summed E-state index contributed by atoms with van der Waals surface area (Å²) in [5.41, 5.74) is 1.13. The van der Waals surface area contributed by atoms with Crippen molar-refractivity contribution in [1.82, 2.24) is 15.1 Å². The quantitative estimate of drug-likeness (QED) is 0.903. The number of aromatic nitrogens is 2. The van der Waals surface area contributed by atoms with E-state index in [1.165, 1.54) is 0 Å². The fourth-order valence-corrected chi connectivity index (χ4v) is 3.06. The Morgan fingerprint density at radius 2 is 2.16 bits per heavy atom. The summed E-state index contributed by atoms with van der Waals surface area (Å²) in [7, 11) is 0. The largest absolute Gasteiger partial charge is 0.381 e. The van der Waals surface area contributed by atoms with Crippen LogP contribution in [0.5, 0.6) is 0 Å². The molecule has 0 saturated carbocycles. The van der Waals surface area contributed by atoms with Crippen LogP contribution in [-0.4, -0.2) is 29.5 Å². The van der Waals surface area contributed by atoms with Gasteiger partial charge in [0.15, 0.2) is 0 Å². The average Bonchev–Trinajstić information content (AvgIpc) is 2.79. The van der Waals surface area contributed by atoms with Gasteiger partial charge >= 0.3 is 0 Å². The van der Waals surface area contributed by atoms with Gasteiger partial charge in [-0.1, -0.05) is 18.5 Å². The van der Waals surface area contributed by atoms with Gasteiger partial charge in [0, 0.05) is 19.3 Å². The van der Waals surface area contributed by atoms with Crippen molar-refractivity contribution in [2.75, 3.05) is 19.8 Å². The predicted octanol–water partition coefficient (Wildman–Crippen LogP) is 3.19. The summed E-state index contributed by atoms with van der Waals surface area (Å²) in [4.78, 5) is 0. The molecule has 1 aliphatic rings. The van der Waals surface area contributed by atoms with E-state index in [9.17, 15) is 0 Å². The van der Waals surface area contributed by atoms with Crippen LogP contribution in [0.25, 0.3) is 0 Å². The van der Waals surface area contributed by atoms with Crippen LogP contribution in [0.15, 0.2) is 6.20 Å². The molecule has 2 heterocycles. The molecule has 1 saturated heterocycles. The molecule has 0 aliphatic carbocycles. The maximum absolute atomic E-state index is 6.38. The van der Waals surface area contributed by atoms with Crippen molar-refractivity contribution in [3.8, 4) is 0 Å². The summed E-state index contributed by atoms with van der Waals surface area (Å²) in [5, 5.41) is 8.79. The van der Waals surface area contributed by atoms with Crippen molar-refractivity contribution in [3.63, 3.8) is 0 Å². The van der Waals surface area contributed by atoms with E-state index in [1.54, 1.807) is 6.20 Å². The monoisotopic (exact) mass is 285 g/mol. The molecule has 5 heteroatoms. The van der Waals surface area contributed by atoms with E-state index in [0.29, 0.717) is 12.0 Å². The van der Waals surface area contributed by atoms with Crippen LogP contribution < -0.4 is 5.32 Å². The molecule has 19 heavy (non-hydrogen) atoms. The number of hydrogen-bond donors (Lipinski definition) is 1. The van der Waals surface area contributed by atoms with Crippen molar-refractivity contribution in [1.29, 1.82) is 0 Å². The molecule has 0 bridgehead atoms. The Labute approximate surface area is 120 Å². The first-order chi connectivity index (χ1) is 9.15. The predicted molar refractivity (Wildman–Crippen MR) is 77.6 cm³/mol. The second kappa shape index (κ2) is 6.73. The van der Waals surface area contributed by atoms with Gasteiger partial charge in [0.1, 0.15) is 0 Å².